The second kappa shape index (κ2) is 8.61. The summed E-state index contributed by atoms with van der Waals surface area (Å²) in [5.41, 5.74) is 2.99. The van der Waals surface area contributed by atoms with E-state index in [1.165, 1.54) is 6.07 Å². The fourth-order valence-corrected chi connectivity index (χ4v) is 4.29. The van der Waals surface area contributed by atoms with Gasteiger partial charge in [-0.2, -0.15) is 0 Å². The van der Waals surface area contributed by atoms with Crippen molar-refractivity contribution in [1.29, 1.82) is 0 Å². The summed E-state index contributed by atoms with van der Waals surface area (Å²) in [5, 5.41) is 4.08. The number of aryl methyl sites for hydroxylation is 2. The van der Waals surface area contributed by atoms with Crippen molar-refractivity contribution >= 4 is 17.0 Å². The average molecular weight is 429 g/mol. The largest absolute Gasteiger partial charge is 0.496 e. The first-order chi connectivity index (χ1) is 14.9. The summed E-state index contributed by atoms with van der Waals surface area (Å²) in [4.78, 5) is 19.0. The zero-order chi connectivity index (χ0) is 22.1. The molecule has 0 N–H and O–H groups in total. The first-order valence-electron chi connectivity index (χ1n) is 10.3. The predicted molar refractivity (Wildman–Crippen MR) is 111 cm³/mol. The molecule has 0 unspecified atom stereocenters. The van der Waals surface area contributed by atoms with Crippen LogP contribution in [0.4, 0.5) is 8.78 Å². The van der Waals surface area contributed by atoms with Gasteiger partial charge < -0.3 is 14.2 Å². The number of nitrogens with zero attached hydrogens (tertiary/aromatic N) is 3. The molecule has 6 nitrogen and oxygen atoms in total. The predicted octanol–water partition coefficient (Wildman–Crippen LogP) is 4.73. The van der Waals surface area contributed by atoms with E-state index in [0.29, 0.717) is 49.1 Å². The maximum absolute atomic E-state index is 13.6. The lowest BCUT2D eigenvalue weighted by atomic mass is 9.91. The maximum atomic E-state index is 13.6. The number of ether oxygens (including phenoxy) is 1. The Bertz CT molecular complexity index is 1100. The summed E-state index contributed by atoms with van der Waals surface area (Å²) in [6.45, 7) is 4.72. The molecule has 1 amide bonds. The zero-order valence-corrected chi connectivity index (χ0v) is 17.8. The first-order valence-corrected chi connectivity index (χ1v) is 10.3. The molecule has 31 heavy (non-hydrogen) atoms. The standard InChI is InChI=1S/C23H25F2N3O3/c1-13-10-15(4-5-19(13)30-3)11-20(29)28-8-6-16(7-9-28)18-12-17(22(24)25)21-14(2)27-31-23(21)26-18/h4-5,10,12,16,22H,6-9,11H2,1-3H3. The van der Waals surface area contributed by atoms with E-state index in [1.54, 1.807) is 14.0 Å². The molecule has 164 valence electrons. The molecule has 1 aliphatic heterocycles. The van der Waals surface area contributed by atoms with Crippen LogP contribution < -0.4 is 4.74 Å². The van der Waals surface area contributed by atoms with E-state index < -0.39 is 6.43 Å². The number of methoxy groups -OCH3 is 1. The Morgan fingerprint density at radius 2 is 2.00 bits per heavy atom. The number of rotatable bonds is 5. The van der Waals surface area contributed by atoms with Crippen molar-refractivity contribution in [3.8, 4) is 5.75 Å². The van der Waals surface area contributed by atoms with Gasteiger partial charge >= 0.3 is 0 Å². The lowest BCUT2D eigenvalue weighted by Gasteiger charge is -2.32. The van der Waals surface area contributed by atoms with Crippen LogP contribution in [0.15, 0.2) is 28.8 Å². The molecule has 4 rings (SSSR count). The van der Waals surface area contributed by atoms with Gasteiger partial charge in [-0.15, -0.1) is 0 Å². The number of pyridine rings is 1. The highest BCUT2D eigenvalue weighted by atomic mass is 19.3. The quantitative estimate of drug-likeness (QED) is 0.586. The number of aromatic nitrogens is 2. The van der Waals surface area contributed by atoms with Gasteiger partial charge in [0, 0.05) is 30.3 Å². The van der Waals surface area contributed by atoms with E-state index in [4.69, 9.17) is 9.26 Å². The molecule has 1 fully saturated rings. The molecule has 0 atom stereocenters. The summed E-state index contributed by atoms with van der Waals surface area (Å²) in [7, 11) is 1.62. The van der Waals surface area contributed by atoms with Gasteiger partial charge in [-0.25, -0.2) is 13.8 Å². The van der Waals surface area contributed by atoms with Gasteiger partial charge in [0.15, 0.2) is 0 Å². The highest BCUT2D eigenvalue weighted by Gasteiger charge is 2.27. The topological polar surface area (TPSA) is 68.5 Å². The highest BCUT2D eigenvalue weighted by molar-refractivity contribution is 5.81. The molecule has 1 aromatic carbocycles. The number of fused-ring (bicyclic) bond motifs is 1. The van der Waals surface area contributed by atoms with Gasteiger partial charge in [0.05, 0.1) is 24.6 Å². The van der Waals surface area contributed by atoms with Gasteiger partial charge in [-0.05, 0) is 49.9 Å². The van der Waals surface area contributed by atoms with Gasteiger partial charge in [0.1, 0.15) is 5.75 Å². The Hall–Kier alpha value is -3.03. The van der Waals surface area contributed by atoms with Crippen LogP contribution in [-0.2, 0) is 11.2 Å². The number of likely N-dealkylation sites (tertiary alicyclic amines) is 1. The van der Waals surface area contributed by atoms with Crippen LogP contribution in [0, 0.1) is 13.8 Å². The van der Waals surface area contributed by atoms with Crippen molar-refractivity contribution in [2.75, 3.05) is 20.2 Å². The fraction of sp³-hybridized carbons (Fsp3) is 0.435. The molecule has 0 saturated carbocycles. The van der Waals surface area contributed by atoms with Gasteiger partial charge in [0.25, 0.3) is 12.1 Å². The number of amides is 1. The van der Waals surface area contributed by atoms with E-state index in [0.717, 1.165) is 16.9 Å². The number of halogens is 2. The normalized spacial score (nSPS) is 15.1. The van der Waals surface area contributed by atoms with Gasteiger partial charge in [-0.1, -0.05) is 17.3 Å². The van der Waals surface area contributed by atoms with Crippen LogP contribution in [0.5, 0.6) is 5.75 Å². The number of carbonyl (C=O) groups is 1. The van der Waals surface area contributed by atoms with Crippen LogP contribution in [0.2, 0.25) is 0 Å². The number of piperidine rings is 1. The lowest BCUT2D eigenvalue weighted by molar-refractivity contribution is -0.131. The van der Waals surface area contributed by atoms with Crippen molar-refractivity contribution in [1.82, 2.24) is 15.0 Å². The highest BCUT2D eigenvalue weighted by Crippen LogP contribution is 2.35. The minimum Gasteiger partial charge on any atom is -0.496 e. The molecule has 1 aliphatic rings. The monoisotopic (exact) mass is 429 g/mol. The van der Waals surface area contributed by atoms with Gasteiger partial charge in [-0.3, -0.25) is 4.79 Å². The molecule has 2 aromatic heterocycles. The van der Waals surface area contributed by atoms with Crippen molar-refractivity contribution in [3.63, 3.8) is 0 Å². The van der Waals surface area contributed by atoms with Crippen LogP contribution in [0.1, 0.15) is 53.3 Å². The summed E-state index contributed by atoms with van der Waals surface area (Å²) >= 11 is 0. The molecule has 0 bridgehead atoms. The molecule has 0 aliphatic carbocycles. The van der Waals surface area contributed by atoms with Crippen molar-refractivity contribution in [2.24, 2.45) is 0 Å². The van der Waals surface area contributed by atoms with E-state index in [2.05, 4.69) is 10.1 Å². The third kappa shape index (κ3) is 4.24. The van der Waals surface area contributed by atoms with Crippen LogP contribution in [-0.4, -0.2) is 41.1 Å². The molecule has 0 radical (unpaired) electrons. The van der Waals surface area contributed by atoms with Crippen molar-refractivity contribution in [3.05, 3.63) is 52.3 Å². The summed E-state index contributed by atoms with van der Waals surface area (Å²) in [6.07, 6.45) is -0.965. The Morgan fingerprint density at radius 1 is 1.26 bits per heavy atom. The Balaban J connectivity index is 1.44. The molecule has 3 heterocycles. The first kappa shape index (κ1) is 21.2. The third-order valence-corrected chi connectivity index (χ3v) is 5.98. The molecule has 8 heteroatoms. The summed E-state index contributed by atoms with van der Waals surface area (Å²) in [6, 6.07) is 7.21. The van der Waals surface area contributed by atoms with Crippen molar-refractivity contribution in [2.45, 2.75) is 45.5 Å². The molecular formula is C23H25F2N3O3. The SMILES string of the molecule is COc1ccc(CC(=O)N2CCC(c3cc(C(F)F)c4c(C)noc4n3)CC2)cc1C. The van der Waals surface area contributed by atoms with Crippen LogP contribution >= 0.6 is 0 Å². The van der Waals surface area contributed by atoms with Crippen molar-refractivity contribution < 1.29 is 22.8 Å². The molecular weight excluding hydrogens is 404 g/mol. The van der Waals surface area contributed by atoms with Crippen LogP contribution in [0.3, 0.4) is 0 Å². The van der Waals surface area contributed by atoms with E-state index in [1.807, 2.05) is 30.0 Å². The maximum Gasteiger partial charge on any atom is 0.264 e. The molecule has 0 spiro atoms. The Kier molecular flexibility index (Phi) is 5.89. The van der Waals surface area contributed by atoms with E-state index in [9.17, 15) is 13.6 Å². The number of hydrogen-bond donors (Lipinski definition) is 0. The molecule has 1 saturated heterocycles. The number of alkyl halides is 2. The number of hydrogen-bond acceptors (Lipinski definition) is 5. The minimum atomic E-state index is -2.63. The summed E-state index contributed by atoms with van der Waals surface area (Å²) in [5.74, 6) is 0.858. The Labute approximate surface area is 179 Å². The van der Waals surface area contributed by atoms with E-state index in [-0.39, 0.29) is 23.1 Å². The minimum absolute atomic E-state index is 0.000382. The number of benzene rings is 1. The zero-order valence-electron chi connectivity index (χ0n) is 17.8. The van der Waals surface area contributed by atoms with Gasteiger partial charge in [0.2, 0.25) is 5.91 Å². The smallest absolute Gasteiger partial charge is 0.264 e. The average Bonchev–Trinajstić information content (AvgIpc) is 3.14. The fourth-order valence-electron chi connectivity index (χ4n) is 4.29. The summed E-state index contributed by atoms with van der Waals surface area (Å²) < 4.78 is 37.6. The second-order valence-corrected chi connectivity index (χ2v) is 8.02. The third-order valence-electron chi connectivity index (χ3n) is 5.98. The molecule has 3 aromatic rings. The number of carbonyl (C=O) groups excluding carboxylic acids is 1. The second-order valence-electron chi connectivity index (χ2n) is 8.02. The van der Waals surface area contributed by atoms with Crippen LogP contribution in [0.25, 0.3) is 11.1 Å². The lowest BCUT2D eigenvalue weighted by Crippen LogP contribution is -2.39. The Morgan fingerprint density at radius 3 is 2.65 bits per heavy atom. The van der Waals surface area contributed by atoms with E-state index >= 15 is 0 Å².